The largest absolute Gasteiger partial charge is 0.494 e. The molecule has 0 aliphatic rings. The van der Waals surface area contributed by atoms with Gasteiger partial charge in [0, 0.05) is 11.9 Å². The first-order valence-corrected chi connectivity index (χ1v) is 7.17. The number of rotatable bonds is 5. The summed E-state index contributed by atoms with van der Waals surface area (Å²) >= 11 is 1.35. The van der Waals surface area contributed by atoms with Gasteiger partial charge in [-0.2, -0.15) is 0 Å². The van der Waals surface area contributed by atoms with Gasteiger partial charge in [0.25, 0.3) is 11.1 Å². The van der Waals surface area contributed by atoms with Gasteiger partial charge in [0.05, 0.1) is 7.11 Å². The molecule has 0 atom stereocenters. The van der Waals surface area contributed by atoms with Gasteiger partial charge in [0.1, 0.15) is 5.69 Å². The maximum atomic E-state index is 13.6. The van der Waals surface area contributed by atoms with Gasteiger partial charge >= 0.3 is 0 Å². The zero-order valence-corrected chi connectivity index (χ0v) is 12.0. The van der Waals surface area contributed by atoms with Crippen molar-refractivity contribution in [2.24, 2.45) is 0 Å². The summed E-state index contributed by atoms with van der Waals surface area (Å²) < 4.78 is 24.0. The van der Waals surface area contributed by atoms with Gasteiger partial charge in [0.15, 0.2) is 11.6 Å². The van der Waals surface area contributed by atoms with Crippen molar-refractivity contribution in [1.82, 2.24) is 15.2 Å². The van der Waals surface area contributed by atoms with Crippen molar-refractivity contribution in [2.45, 2.75) is 11.0 Å². The van der Waals surface area contributed by atoms with Gasteiger partial charge in [-0.15, -0.1) is 10.2 Å². The van der Waals surface area contributed by atoms with Crippen molar-refractivity contribution < 1.29 is 13.5 Å². The number of hydrogen-bond acceptors (Lipinski definition) is 5. The molecule has 3 aromatic rings. The Labute approximate surface area is 124 Å². The minimum absolute atomic E-state index is 0.232. The molecule has 0 radical (unpaired) electrons. The van der Waals surface area contributed by atoms with Gasteiger partial charge in [0.2, 0.25) is 0 Å². The number of halogens is 1. The minimum atomic E-state index is -0.381. The number of benzene rings is 1. The number of nitrogens with zero attached hydrogens (tertiary/aromatic N) is 2. The molecule has 7 heteroatoms. The zero-order valence-electron chi connectivity index (χ0n) is 11.2. The second-order valence-corrected chi connectivity index (χ2v) is 5.14. The third-order valence-corrected chi connectivity index (χ3v) is 3.70. The summed E-state index contributed by atoms with van der Waals surface area (Å²) in [5.41, 5.74) is 1.59. The van der Waals surface area contributed by atoms with Gasteiger partial charge in [-0.25, -0.2) is 4.39 Å². The molecule has 2 heterocycles. The SMILES string of the molecule is COc1ccc(CSc2nnc(-c3ccc[nH]3)o2)cc1F. The molecule has 0 saturated carbocycles. The summed E-state index contributed by atoms with van der Waals surface area (Å²) in [6.45, 7) is 0. The van der Waals surface area contributed by atoms with Crippen molar-refractivity contribution in [3.63, 3.8) is 0 Å². The lowest BCUT2D eigenvalue weighted by atomic mass is 10.2. The Balaban J connectivity index is 1.66. The van der Waals surface area contributed by atoms with E-state index in [1.165, 1.54) is 24.9 Å². The predicted molar refractivity (Wildman–Crippen MR) is 76.6 cm³/mol. The summed E-state index contributed by atoms with van der Waals surface area (Å²) in [5.74, 6) is 0.819. The quantitative estimate of drug-likeness (QED) is 0.731. The highest BCUT2D eigenvalue weighted by molar-refractivity contribution is 7.98. The topological polar surface area (TPSA) is 63.9 Å². The van der Waals surface area contributed by atoms with Gasteiger partial charge < -0.3 is 14.1 Å². The molecule has 0 spiro atoms. The van der Waals surface area contributed by atoms with Gasteiger partial charge in [-0.3, -0.25) is 0 Å². The van der Waals surface area contributed by atoms with E-state index in [9.17, 15) is 4.39 Å². The Morgan fingerprint density at radius 3 is 2.95 bits per heavy atom. The molecule has 21 heavy (non-hydrogen) atoms. The van der Waals surface area contributed by atoms with E-state index >= 15 is 0 Å². The Morgan fingerprint density at radius 2 is 2.24 bits per heavy atom. The Bertz CT molecular complexity index is 728. The van der Waals surface area contributed by atoms with E-state index in [2.05, 4.69) is 15.2 Å². The summed E-state index contributed by atoms with van der Waals surface area (Å²) in [6, 6.07) is 8.54. The van der Waals surface area contributed by atoms with Crippen LogP contribution in [0, 0.1) is 5.82 Å². The first-order chi connectivity index (χ1) is 10.3. The van der Waals surface area contributed by atoms with Crippen LogP contribution >= 0.6 is 11.8 Å². The first kappa shape index (κ1) is 13.7. The van der Waals surface area contributed by atoms with E-state index in [1.54, 1.807) is 18.3 Å². The molecule has 0 amide bonds. The zero-order chi connectivity index (χ0) is 14.7. The predicted octanol–water partition coefficient (Wildman–Crippen LogP) is 3.50. The first-order valence-electron chi connectivity index (χ1n) is 6.19. The average molecular weight is 305 g/mol. The van der Waals surface area contributed by atoms with Crippen LogP contribution in [0.1, 0.15) is 5.56 Å². The molecular weight excluding hydrogens is 293 g/mol. The van der Waals surface area contributed by atoms with E-state index < -0.39 is 0 Å². The number of aromatic nitrogens is 3. The highest BCUT2D eigenvalue weighted by atomic mass is 32.2. The maximum Gasteiger partial charge on any atom is 0.277 e. The summed E-state index contributed by atoms with van der Waals surface area (Å²) in [7, 11) is 1.44. The highest BCUT2D eigenvalue weighted by Crippen LogP contribution is 2.26. The standard InChI is InChI=1S/C14H12FN3O2S/c1-19-12-5-4-9(7-10(12)15)8-21-14-18-17-13(20-14)11-3-2-6-16-11/h2-7,16H,8H2,1H3. The number of aromatic amines is 1. The monoisotopic (exact) mass is 305 g/mol. The van der Waals surface area contributed by atoms with Crippen molar-refractivity contribution in [3.05, 3.63) is 47.9 Å². The van der Waals surface area contributed by atoms with Gasteiger partial charge in [-0.1, -0.05) is 17.8 Å². The highest BCUT2D eigenvalue weighted by Gasteiger charge is 2.10. The molecule has 0 unspecified atom stereocenters. The normalized spacial score (nSPS) is 10.8. The molecule has 1 N–H and O–H groups in total. The smallest absolute Gasteiger partial charge is 0.277 e. The second-order valence-electron chi connectivity index (χ2n) is 4.21. The summed E-state index contributed by atoms with van der Waals surface area (Å²) in [6.07, 6.45) is 1.78. The van der Waals surface area contributed by atoms with E-state index in [0.29, 0.717) is 16.9 Å². The fraction of sp³-hybridized carbons (Fsp3) is 0.143. The molecule has 0 aliphatic heterocycles. The van der Waals surface area contributed by atoms with Crippen molar-refractivity contribution in [3.8, 4) is 17.3 Å². The summed E-state index contributed by atoms with van der Waals surface area (Å²) in [4.78, 5) is 2.99. The van der Waals surface area contributed by atoms with E-state index in [4.69, 9.17) is 9.15 Å². The lowest BCUT2D eigenvalue weighted by Crippen LogP contribution is -1.90. The van der Waals surface area contributed by atoms with Crippen LogP contribution in [-0.4, -0.2) is 22.3 Å². The molecule has 0 fully saturated rings. The van der Waals surface area contributed by atoms with Crippen molar-refractivity contribution in [2.75, 3.05) is 7.11 Å². The summed E-state index contributed by atoms with van der Waals surface area (Å²) in [5, 5.41) is 8.34. The molecule has 2 aromatic heterocycles. The minimum Gasteiger partial charge on any atom is -0.494 e. The third kappa shape index (κ3) is 3.08. The average Bonchev–Trinajstić information content (AvgIpc) is 3.16. The van der Waals surface area contributed by atoms with Gasteiger partial charge in [-0.05, 0) is 29.8 Å². The van der Waals surface area contributed by atoms with E-state index in [1.807, 2.05) is 12.1 Å². The fourth-order valence-electron chi connectivity index (χ4n) is 1.79. The van der Waals surface area contributed by atoms with Crippen LogP contribution in [0.15, 0.2) is 46.2 Å². The van der Waals surface area contributed by atoms with E-state index in [-0.39, 0.29) is 11.6 Å². The molecule has 108 valence electrons. The lowest BCUT2D eigenvalue weighted by molar-refractivity contribution is 0.386. The van der Waals surface area contributed by atoms with Crippen LogP contribution < -0.4 is 4.74 Å². The van der Waals surface area contributed by atoms with Crippen LogP contribution in [0.3, 0.4) is 0 Å². The second kappa shape index (κ2) is 6.01. The maximum absolute atomic E-state index is 13.6. The van der Waals surface area contributed by atoms with Crippen molar-refractivity contribution >= 4 is 11.8 Å². The number of methoxy groups -OCH3 is 1. The van der Waals surface area contributed by atoms with Crippen LogP contribution in [0.5, 0.6) is 5.75 Å². The Hall–Kier alpha value is -2.28. The van der Waals surface area contributed by atoms with Crippen LogP contribution in [0.4, 0.5) is 4.39 Å². The van der Waals surface area contributed by atoms with Crippen LogP contribution in [-0.2, 0) is 5.75 Å². The Morgan fingerprint density at radius 1 is 1.33 bits per heavy atom. The van der Waals surface area contributed by atoms with E-state index in [0.717, 1.165) is 11.3 Å². The molecule has 5 nitrogen and oxygen atoms in total. The Kier molecular flexibility index (Phi) is 3.92. The number of ether oxygens (including phenoxy) is 1. The number of thioether (sulfide) groups is 1. The number of hydrogen-bond donors (Lipinski definition) is 1. The number of H-pyrrole nitrogens is 1. The van der Waals surface area contributed by atoms with Crippen LogP contribution in [0.25, 0.3) is 11.6 Å². The van der Waals surface area contributed by atoms with Crippen molar-refractivity contribution in [1.29, 1.82) is 0 Å². The number of nitrogens with one attached hydrogen (secondary N) is 1. The molecule has 1 aromatic carbocycles. The molecule has 0 saturated heterocycles. The molecule has 0 bridgehead atoms. The molecule has 3 rings (SSSR count). The molecular formula is C14H12FN3O2S. The van der Waals surface area contributed by atoms with Crippen LogP contribution in [0.2, 0.25) is 0 Å². The third-order valence-electron chi connectivity index (χ3n) is 2.81. The molecule has 0 aliphatic carbocycles. The lowest BCUT2D eigenvalue weighted by Gasteiger charge is -2.03. The fourth-order valence-corrected chi connectivity index (χ4v) is 2.49.